The number of nitriles is 1. The molecule has 0 spiro atoms. The van der Waals surface area contributed by atoms with Crippen molar-refractivity contribution in [2.45, 2.75) is 40.0 Å². The van der Waals surface area contributed by atoms with E-state index in [1.165, 1.54) is 24.9 Å². The Bertz CT molecular complexity index is 440. The summed E-state index contributed by atoms with van der Waals surface area (Å²) < 4.78 is 0. The number of piperidine rings is 1. The van der Waals surface area contributed by atoms with Gasteiger partial charge in [-0.1, -0.05) is 20.8 Å². The monoisotopic (exact) mass is 256 g/mol. The molecule has 2 nitrogen and oxygen atoms in total. The average molecular weight is 256 g/mol. The molecule has 1 aromatic carbocycles. The third kappa shape index (κ3) is 3.99. The van der Waals surface area contributed by atoms with Crippen molar-refractivity contribution in [2.24, 2.45) is 11.3 Å². The van der Waals surface area contributed by atoms with Crippen molar-refractivity contribution in [3.8, 4) is 6.07 Å². The molecule has 0 radical (unpaired) electrons. The maximum absolute atomic E-state index is 8.82. The Labute approximate surface area is 117 Å². The second-order valence-electron chi connectivity index (χ2n) is 6.85. The van der Waals surface area contributed by atoms with Gasteiger partial charge in [0.05, 0.1) is 11.6 Å². The zero-order chi connectivity index (χ0) is 13.9. The Balaban J connectivity index is 1.91. The minimum Gasteiger partial charge on any atom is -0.372 e. The first-order valence-corrected chi connectivity index (χ1v) is 7.23. The summed E-state index contributed by atoms with van der Waals surface area (Å²) in [6, 6.07) is 10.1. The predicted molar refractivity (Wildman–Crippen MR) is 80.2 cm³/mol. The molecule has 1 fully saturated rings. The van der Waals surface area contributed by atoms with Gasteiger partial charge in [-0.3, -0.25) is 0 Å². The number of benzene rings is 1. The van der Waals surface area contributed by atoms with Gasteiger partial charge >= 0.3 is 0 Å². The highest BCUT2D eigenvalue weighted by Crippen LogP contribution is 2.32. The van der Waals surface area contributed by atoms with E-state index in [2.05, 4.69) is 43.9 Å². The molecule has 1 saturated heterocycles. The van der Waals surface area contributed by atoms with Crippen LogP contribution in [-0.4, -0.2) is 13.1 Å². The summed E-state index contributed by atoms with van der Waals surface area (Å²) in [6.45, 7) is 9.29. The quantitative estimate of drug-likeness (QED) is 0.792. The lowest BCUT2D eigenvalue weighted by Crippen LogP contribution is -2.34. The molecule has 0 aliphatic carbocycles. The van der Waals surface area contributed by atoms with E-state index in [-0.39, 0.29) is 0 Å². The lowest BCUT2D eigenvalue weighted by Gasteiger charge is -2.36. The molecule has 1 aromatic rings. The summed E-state index contributed by atoms with van der Waals surface area (Å²) in [6.07, 6.45) is 3.91. The second-order valence-corrected chi connectivity index (χ2v) is 6.85. The number of nitrogens with zero attached hydrogens (tertiary/aromatic N) is 2. The normalized spacial score (nSPS) is 17.3. The number of hydrogen-bond acceptors (Lipinski definition) is 2. The van der Waals surface area contributed by atoms with Gasteiger partial charge in [0.1, 0.15) is 0 Å². The van der Waals surface area contributed by atoms with Gasteiger partial charge in [-0.15, -0.1) is 0 Å². The molecular weight excluding hydrogens is 232 g/mol. The van der Waals surface area contributed by atoms with Crippen molar-refractivity contribution < 1.29 is 0 Å². The first-order chi connectivity index (χ1) is 8.98. The smallest absolute Gasteiger partial charge is 0.0991 e. The Morgan fingerprint density at radius 3 is 2.21 bits per heavy atom. The molecule has 0 amide bonds. The van der Waals surface area contributed by atoms with Crippen LogP contribution in [0.2, 0.25) is 0 Å². The predicted octanol–water partition coefficient (Wildman–Crippen LogP) is 4.21. The molecule has 0 unspecified atom stereocenters. The molecular formula is C17H24N2. The van der Waals surface area contributed by atoms with Crippen molar-refractivity contribution in [1.29, 1.82) is 5.26 Å². The Morgan fingerprint density at radius 2 is 1.74 bits per heavy atom. The summed E-state index contributed by atoms with van der Waals surface area (Å²) in [7, 11) is 0. The summed E-state index contributed by atoms with van der Waals surface area (Å²) in [5.41, 5.74) is 2.45. The van der Waals surface area contributed by atoms with Crippen LogP contribution in [0.5, 0.6) is 0 Å². The molecule has 19 heavy (non-hydrogen) atoms. The van der Waals surface area contributed by atoms with E-state index in [1.807, 2.05) is 12.1 Å². The molecule has 2 rings (SSSR count). The second kappa shape index (κ2) is 5.65. The Kier molecular flexibility index (Phi) is 4.14. The lowest BCUT2D eigenvalue weighted by atomic mass is 9.80. The molecule has 2 heteroatoms. The van der Waals surface area contributed by atoms with Gasteiger partial charge in [0.2, 0.25) is 0 Å². The summed E-state index contributed by atoms with van der Waals surface area (Å²) >= 11 is 0. The van der Waals surface area contributed by atoms with Gasteiger partial charge in [-0.2, -0.15) is 5.26 Å². The Hall–Kier alpha value is -1.49. The van der Waals surface area contributed by atoms with Crippen LogP contribution in [0.4, 0.5) is 5.69 Å². The maximum atomic E-state index is 8.82. The number of anilines is 1. The maximum Gasteiger partial charge on any atom is 0.0991 e. The molecule has 1 aliphatic heterocycles. The molecule has 0 saturated carbocycles. The van der Waals surface area contributed by atoms with Crippen LogP contribution < -0.4 is 4.90 Å². The number of hydrogen-bond donors (Lipinski definition) is 0. The van der Waals surface area contributed by atoms with E-state index < -0.39 is 0 Å². The number of rotatable bonds is 2. The molecule has 0 atom stereocenters. The van der Waals surface area contributed by atoms with Crippen molar-refractivity contribution in [2.75, 3.05) is 18.0 Å². The molecule has 1 heterocycles. The van der Waals surface area contributed by atoms with Crippen molar-refractivity contribution >= 4 is 5.69 Å². The van der Waals surface area contributed by atoms with Gasteiger partial charge in [0.15, 0.2) is 0 Å². The van der Waals surface area contributed by atoms with Crippen LogP contribution in [0.25, 0.3) is 0 Å². The molecule has 0 N–H and O–H groups in total. The third-order valence-electron chi connectivity index (χ3n) is 3.88. The minimum atomic E-state index is 0.446. The minimum absolute atomic E-state index is 0.446. The molecule has 0 bridgehead atoms. The van der Waals surface area contributed by atoms with E-state index in [4.69, 9.17) is 5.26 Å². The fourth-order valence-corrected chi connectivity index (χ4v) is 3.01. The van der Waals surface area contributed by atoms with Gasteiger partial charge in [0.25, 0.3) is 0 Å². The summed E-state index contributed by atoms with van der Waals surface area (Å²) in [5.74, 6) is 0.870. The van der Waals surface area contributed by atoms with E-state index in [9.17, 15) is 0 Å². The van der Waals surface area contributed by atoms with E-state index in [1.54, 1.807) is 0 Å². The first-order valence-electron chi connectivity index (χ1n) is 7.23. The highest BCUT2D eigenvalue weighted by atomic mass is 15.1. The lowest BCUT2D eigenvalue weighted by molar-refractivity contribution is 0.258. The molecule has 102 valence electrons. The van der Waals surface area contributed by atoms with Crippen LogP contribution in [-0.2, 0) is 0 Å². The highest BCUT2D eigenvalue weighted by molar-refractivity contribution is 5.49. The summed E-state index contributed by atoms with van der Waals surface area (Å²) in [4.78, 5) is 2.44. The standard InChI is InChI=1S/C17H24N2/c1-17(2,3)12-14-8-10-19(11-9-14)16-6-4-15(13-18)5-7-16/h4-7,14H,8-12H2,1-3H3. The zero-order valence-electron chi connectivity index (χ0n) is 12.3. The van der Waals surface area contributed by atoms with Gasteiger partial charge in [0, 0.05) is 18.8 Å². The van der Waals surface area contributed by atoms with Gasteiger partial charge in [-0.25, -0.2) is 0 Å². The summed E-state index contributed by atoms with van der Waals surface area (Å²) in [5, 5.41) is 8.82. The SMILES string of the molecule is CC(C)(C)CC1CCN(c2ccc(C#N)cc2)CC1. The highest BCUT2D eigenvalue weighted by Gasteiger charge is 2.23. The van der Waals surface area contributed by atoms with Crippen LogP contribution >= 0.6 is 0 Å². The fraction of sp³-hybridized carbons (Fsp3) is 0.588. The largest absolute Gasteiger partial charge is 0.372 e. The van der Waals surface area contributed by atoms with E-state index in [0.29, 0.717) is 5.41 Å². The van der Waals surface area contributed by atoms with Crippen molar-refractivity contribution in [3.63, 3.8) is 0 Å². The van der Waals surface area contributed by atoms with Crippen LogP contribution in [0.1, 0.15) is 45.6 Å². The third-order valence-corrected chi connectivity index (χ3v) is 3.88. The van der Waals surface area contributed by atoms with Crippen LogP contribution in [0, 0.1) is 22.7 Å². The van der Waals surface area contributed by atoms with Crippen molar-refractivity contribution in [3.05, 3.63) is 29.8 Å². The van der Waals surface area contributed by atoms with Gasteiger partial charge in [-0.05, 0) is 54.9 Å². The van der Waals surface area contributed by atoms with E-state index in [0.717, 1.165) is 24.6 Å². The topological polar surface area (TPSA) is 27.0 Å². The van der Waals surface area contributed by atoms with Crippen LogP contribution in [0.15, 0.2) is 24.3 Å². The molecule has 0 aromatic heterocycles. The van der Waals surface area contributed by atoms with Crippen LogP contribution in [0.3, 0.4) is 0 Å². The van der Waals surface area contributed by atoms with E-state index >= 15 is 0 Å². The van der Waals surface area contributed by atoms with Crippen molar-refractivity contribution in [1.82, 2.24) is 0 Å². The first kappa shape index (κ1) is 13.9. The molecule has 1 aliphatic rings. The fourth-order valence-electron chi connectivity index (χ4n) is 3.01. The zero-order valence-corrected chi connectivity index (χ0v) is 12.3. The van der Waals surface area contributed by atoms with Gasteiger partial charge < -0.3 is 4.90 Å². The Morgan fingerprint density at radius 1 is 1.16 bits per heavy atom. The average Bonchev–Trinajstić information content (AvgIpc) is 2.38.